The highest BCUT2D eigenvalue weighted by Gasteiger charge is 2.16. The number of nitrogens with two attached hydrogens (primary N) is 2. The van der Waals surface area contributed by atoms with Crippen LogP contribution in [-0.4, -0.2) is 12.1 Å². The van der Waals surface area contributed by atoms with Crippen LogP contribution in [-0.2, 0) is 0 Å². The number of benzene rings is 1. The molecule has 0 aliphatic rings. The quantitative estimate of drug-likeness (QED) is 0.828. The maximum atomic E-state index is 9.01. The summed E-state index contributed by atoms with van der Waals surface area (Å²) in [6.07, 6.45) is 0. The van der Waals surface area contributed by atoms with Crippen LogP contribution in [0.2, 0.25) is 0 Å². The average Bonchev–Trinajstić information content (AvgIpc) is 2.47. The molecule has 1 heterocycles. The second-order valence-electron chi connectivity index (χ2n) is 3.79. The number of aromatic nitrogens is 1. The van der Waals surface area contributed by atoms with E-state index in [-0.39, 0.29) is 28.6 Å². The van der Waals surface area contributed by atoms with Crippen LogP contribution in [0.3, 0.4) is 0 Å². The first kappa shape index (κ1) is 13.3. The fraction of sp³-hybridized carbons (Fsp3) is 0.0769. The zero-order chi connectivity index (χ0) is 14.5. The number of rotatable bonds is 3. The molecule has 1 aromatic heterocycles. The highest BCUT2D eigenvalue weighted by molar-refractivity contribution is 5.79. The lowest BCUT2D eigenvalue weighted by Crippen LogP contribution is -2.02. The van der Waals surface area contributed by atoms with Gasteiger partial charge in [0.15, 0.2) is 5.69 Å². The third-order valence-electron chi connectivity index (χ3n) is 2.53. The lowest BCUT2D eigenvalue weighted by atomic mass is 10.2. The van der Waals surface area contributed by atoms with Crippen molar-refractivity contribution in [1.29, 1.82) is 5.26 Å². The number of pyridine rings is 1. The number of nitrogens with zero attached hydrogens (tertiary/aromatic N) is 4. The summed E-state index contributed by atoms with van der Waals surface area (Å²) in [6.45, 7) is 0. The van der Waals surface area contributed by atoms with Crippen molar-refractivity contribution >= 4 is 22.9 Å². The van der Waals surface area contributed by atoms with Crippen LogP contribution in [0.15, 0.2) is 40.6 Å². The fourth-order valence-electron chi connectivity index (χ4n) is 1.55. The molecule has 0 bridgehead atoms. The molecule has 0 saturated carbocycles. The molecule has 0 fully saturated rings. The minimum absolute atomic E-state index is 0.000473. The first-order chi connectivity index (χ1) is 9.67. The third kappa shape index (κ3) is 2.49. The standard InChI is InChI=1S/C13H12N6O/c1-20-13-11(10(15)9(7-14)12(16)17-13)19-18-8-5-3-2-4-6-8/h2-6H,1H3,(H4,15,16,17). The molecule has 0 aliphatic heterocycles. The summed E-state index contributed by atoms with van der Waals surface area (Å²) in [4.78, 5) is 3.93. The van der Waals surface area contributed by atoms with Gasteiger partial charge in [0, 0.05) is 0 Å². The molecule has 4 N–H and O–H groups in total. The molecule has 2 aromatic rings. The minimum atomic E-state index is 0.000473. The summed E-state index contributed by atoms with van der Waals surface area (Å²) in [6, 6.07) is 11.0. The van der Waals surface area contributed by atoms with E-state index in [2.05, 4.69) is 15.2 Å². The Labute approximate surface area is 115 Å². The summed E-state index contributed by atoms with van der Waals surface area (Å²) < 4.78 is 5.06. The van der Waals surface area contributed by atoms with Crippen LogP contribution in [0.25, 0.3) is 0 Å². The number of anilines is 2. The van der Waals surface area contributed by atoms with Crippen LogP contribution in [0.5, 0.6) is 5.88 Å². The largest absolute Gasteiger partial charge is 0.479 e. The smallest absolute Gasteiger partial charge is 0.245 e. The zero-order valence-corrected chi connectivity index (χ0v) is 10.7. The maximum absolute atomic E-state index is 9.01. The zero-order valence-electron chi connectivity index (χ0n) is 10.7. The third-order valence-corrected chi connectivity index (χ3v) is 2.53. The predicted molar refractivity (Wildman–Crippen MR) is 74.9 cm³/mol. The summed E-state index contributed by atoms with van der Waals surface area (Å²) in [5, 5.41) is 17.0. The maximum Gasteiger partial charge on any atom is 0.245 e. The van der Waals surface area contributed by atoms with Crippen LogP contribution in [0.1, 0.15) is 5.56 Å². The van der Waals surface area contributed by atoms with Crippen LogP contribution >= 0.6 is 0 Å². The van der Waals surface area contributed by atoms with Crippen molar-refractivity contribution in [1.82, 2.24) is 4.98 Å². The second kappa shape index (κ2) is 5.67. The van der Waals surface area contributed by atoms with Crippen molar-refractivity contribution in [2.75, 3.05) is 18.6 Å². The Kier molecular flexibility index (Phi) is 3.77. The van der Waals surface area contributed by atoms with Gasteiger partial charge in [-0.15, -0.1) is 5.11 Å². The molecule has 100 valence electrons. The van der Waals surface area contributed by atoms with Crippen molar-refractivity contribution in [2.45, 2.75) is 0 Å². The number of ether oxygens (including phenoxy) is 1. The van der Waals surface area contributed by atoms with Crippen molar-refractivity contribution in [2.24, 2.45) is 10.2 Å². The number of nitriles is 1. The molecule has 0 radical (unpaired) electrons. The molecule has 0 aliphatic carbocycles. The van der Waals surface area contributed by atoms with Crippen LogP contribution in [0, 0.1) is 11.3 Å². The van der Waals surface area contributed by atoms with Crippen molar-refractivity contribution in [3.63, 3.8) is 0 Å². The minimum Gasteiger partial charge on any atom is -0.479 e. The summed E-state index contributed by atoms with van der Waals surface area (Å²) in [5.41, 5.74) is 12.5. The molecule has 0 unspecified atom stereocenters. The van der Waals surface area contributed by atoms with Gasteiger partial charge in [-0.3, -0.25) is 0 Å². The van der Waals surface area contributed by atoms with Gasteiger partial charge in [0.2, 0.25) is 5.88 Å². The molecule has 2 rings (SSSR count). The van der Waals surface area contributed by atoms with E-state index in [4.69, 9.17) is 21.5 Å². The topological polar surface area (TPSA) is 123 Å². The highest BCUT2D eigenvalue weighted by Crippen LogP contribution is 2.37. The monoisotopic (exact) mass is 268 g/mol. The Balaban J connectivity index is 2.51. The van der Waals surface area contributed by atoms with E-state index in [1.165, 1.54) is 7.11 Å². The molecule has 0 atom stereocenters. The number of methoxy groups -OCH3 is 1. The van der Waals surface area contributed by atoms with E-state index in [1.54, 1.807) is 12.1 Å². The van der Waals surface area contributed by atoms with Gasteiger partial charge >= 0.3 is 0 Å². The van der Waals surface area contributed by atoms with Crippen molar-refractivity contribution in [3.8, 4) is 11.9 Å². The Morgan fingerprint density at radius 3 is 2.50 bits per heavy atom. The van der Waals surface area contributed by atoms with Crippen LogP contribution in [0.4, 0.5) is 22.9 Å². The van der Waals surface area contributed by atoms with E-state index in [0.717, 1.165) is 0 Å². The normalized spacial score (nSPS) is 10.4. The molecule has 0 saturated heterocycles. The Bertz CT molecular complexity index is 690. The van der Waals surface area contributed by atoms with E-state index < -0.39 is 0 Å². The van der Waals surface area contributed by atoms with Gasteiger partial charge in [-0.25, -0.2) is 0 Å². The van der Waals surface area contributed by atoms with E-state index >= 15 is 0 Å². The van der Waals surface area contributed by atoms with Gasteiger partial charge in [-0.05, 0) is 12.1 Å². The van der Waals surface area contributed by atoms with Crippen molar-refractivity contribution in [3.05, 3.63) is 35.9 Å². The molecule has 1 aromatic carbocycles. The summed E-state index contributed by atoms with van der Waals surface area (Å²) in [7, 11) is 1.41. The first-order valence-corrected chi connectivity index (χ1v) is 5.67. The lowest BCUT2D eigenvalue weighted by molar-refractivity contribution is 0.400. The predicted octanol–water partition coefficient (Wildman–Crippen LogP) is 2.54. The van der Waals surface area contributed by atoms with Gasteiger partial charge in [0.1, 0.15) is 17.5 Å². The summed E-state index contributed by atoms with van der Waals surface area (Å²) in [5.74, 6) is 0.124. The summed E-state index contributed by atoms with van der Waals surface area (Å²) >= 11 is 0. The Morgan fingerprint density at radius 1 is 1.20 bits per heavy atom. The molecule has 20 heavy (non-hydrogen) atoms. The van der Waals surface area contributed by atoms with Gasteiger partial charge in [-0.2, -0.15) is 15.4 Å². The highest BCUT2D eigenvalue weighted by atomic mass is 16.5. The number of hydrogen-bond donors (Lipinski definition) is 2. The van der Waals surface area contributed by atoms with E-state index in [9.17, 15) is 0 Å². The van der Waals surface area contributed by atoms with Gasteiger partial charge in [0.25, 0.3) is 0 Å². The SMILES string of the molecule is COc1nc(N)c(C#N)c(N)c1N=Nc1ccccc1. The molecule has 7 heteroatoms. The number of azo groups is 1. The van der Waals surface area contributed by atoms with E-state index in [0.29, 0.717) is 5.69 Å². The number of hydrogen-bond acceptors (Lipinski definition) is 7. The Morgan fingerprint density at radius 2 is 1.90 bits per heavy atom. The average molecular weight is 268 g/mol. The first-order valence-electron chi connectivity index (χ1n) is 5.67. The van der Waals surface area contributed by atoms with Crippen LogP contribution < -0.4 is 16.2 Å². The molecule has 7 nitrogen and oxygen atoms in total. The molecule has 0 amide bonds. The molecular formula is C13H12N6O. The molecular weight excluding hydrogens is 256 g/mol. The van der Waals surface area contributed by atoms with Gasteiger partial charge in [-0.1, -0.05) is 18.2 Å². The number of nitrogen functional groups attached to an aromatic ring is 2. The fourth-order valence-corrected chi connectivity index (χ4v) is 1.55. The van der Waals surface area contributed by atoms with Gasteiger partial charge in [0.05, 0.1) is 18.5 Å². The van der Waals surface area contributed by atoms with Gasteiger partial charge < -0.3 is 16.2 Å². The second-order valence-corrected chi connectivity index (χ2v) is 3.79. The Hall–Kier alpha value is -3.14. The van der Waals surface area contributed by atoms with E-state index in [1.807, 2.05) is 24.3 Å². The molecule has 0 spiro atoms. The van der Waals surface area contributed by atoms with Crippen molar-refractivity contribution < 1.29 is 4.74 Å². The lowest BCUT2D eigenvalue weighted by Gasteiger charge is -2.08.